The number of nitrogens with zero attached hydrogens (tertiary/aromatic N) is 6. The van der Waals surface area contributed by atoms with Crippen molar-refractivity contribution in [3.63, 3.8) is 0 Å². The van der Waals surface area contributed by atoms with Gasteiger partial charge in [-0.15, -0.1) is 0 Å². The predicted molar refractivity (Wildman–Crippen MR) is 140 cm³/mol. The number of aromatic nitrogens is 4. The fourth-order valence-corrected chi connectivity index (χ4v) is 6.00. The average molecular weight is 530 g/mol. The van der Waals surface area contributed by atoms with Crippen LogP contribution in [0.4, 0.5) is 24.9 Å². The summed E-state index contributed by atoms with van der Waals surface area (Å²) in [7, 11) is 0. The van der Waals surface area contributed by atoms with Crippen LogP contribution in [0.3, 0.4) is 0 Å². The molecule has 1 saturated carbocycles. The molecule has 8 nitrogen and oxygen atoms in total. The van der Waals surface area contributed by atoms with Gasteiger partial charge in [0.2, 0.25) is 5.95 Å². The first-order chi connectivity index (χ1) is 18.5. The van der Waals surface area contributed by atoms with Crippen molar-refractivity contribution in [2.75, 3.05) is 56.2 Å². The second kappa shape index (κ2) is 11.1. The molecule has 6 rings (SSSR count). The van der Waals surface area contributed by atoms with Gasteiger partial charge in [-0.2, -0.15) is 9.97 Å². The molecule has 1 aliphatic carbocycles. The minimum absolute atomic E-state index is 0.334. The molecule has 3 fully saturated rings. The molecular formula is C27H34F3N7O. The summed E-state index contributed by atoms with van der Waals surface area (Å²) >= 11 is 0. The number of benzene rings is 1. The number of rotatable bonds is 7. The lowest BCUT2D eigenvalue weighted by Gasteiger charge is -2.34. The first-order valence-electron chi connectivity index (χ1n) is 13.6. The zero-order valence-corrected chi connectivity index (χ0v) is 21.4. The first kappa shape index (κ1) is 25.4. The molecule has 4 heterocycles. The van der Waals surface area contributed by atoms with E-state index < -0.39 is 12.6 Å². The van der Waals surface area contributed by atoms with Crippen LogP contribution in [0.2, 0.25) is 0 Å². The molecule has 0 amide bonds. The maximum Gasteiger partial charge on any atom is 0.296 e. The summed E-state index contributed by atoms with van der Waals surface area (Å²) in [6.07, 6.45) is 1.52. The highest BCUT2D eigenvalue weighted by atomic mass is 19.3. The summed E-state index contributed by atoms with van der Waals surface area (Å²) < 4.78 is 48.7. The lowest BCUT2D eigenvalue weighted by Crippen LogP contribution is -2.38. The Labute approximate surface area is 220 Å². The molecule has 0 spiro atoms. The van der Waals surface area contributed by atoms with Crippen molar-refractivity contribution in [2.24, 2.45) is 5.92 Å². The number of ether oxygens (including phenoxy) is 1. The molecule has 3 aliphatic rings. The number of hydrogen-bond donors (Lipinski definition) is 1. The average Bonchev–Trinajstić information content (AvgIpc) is 3.56. The second-order valence-electron chi connectivity index (χ2n) is 10.5. The molecule has 38 heavy (non-hydrogen) atoms. The Kier molecular flexibility index (Phi) is 7.38. The zero-order chi connectivity index (χ0) is 26.1. The van der Waals surface area contributed by atoms with Gasteiger partial charge < -0.3 is 15.0 Å². The maximum atomic E-state index is 14.1. The summed E-state index contributed by atoms with van der Waals surface area (Å²) in [5.41, 5.74) is 1.08. The molecule has 204 valence electrons. The molecule has 3 aromatic rings. The third-order valence-corrected chi connectivity index (χ3v) is 8.07. The number of anilines is 2. The molecule has 2 saturated heterocycles. The summed E-state index contributed by atoms with van der Waals surface area (Å²) in [5.74, 6) is 1.61. The fourth-order valence-electron chi connectivity index (χ4n) is 6.00. The fraction of sp³-hybridized carbons (Fsp3) is 0.593. The smallest absolute Gasteiger partial charge is 0.296 e. The Hall–Kier alpha value is -2.92. The van der Waals surface area contributed by atoms with Crippen molar-refractivity contribution in [3.8, 4) is 5.82 Å². The van der Waals surface area contributed by atoms with Gasteiger partial charge in [-0.3, -0.25) is 9.47 Å². The van der Waals surface area contributed by atoms with Crippen molar-refractivity contribution >= 4 is 22.8 Å². The summed E-state index contributed by atoms with van der Waals surface area (Å²) in [5, 5.41) is 3.48. The van der Waals surface area contributed by atoms with Crippen LogP contribution >= 0.6 is 0 Å². The number of hydrogen-bond acceptors (Lipinski definition) is 7. The van der Waals surface area contributed by atoms with E-state index in [1.807, 2.05) is 11.0 Å². The quantitative estimate of drug-likeness (QED) is 0.480. The number of alkyl halides is 3. The highest BCUT2D eigenvalue weighted by molar-refractivity contribution is 5.78. The number of fused-ring (bicyclic) bond motifs is 1. The van der Waals surface area contributed by atoms with E-state index in [1.54, 1.807) is 24.3 Å². The summed E-state index contributed by atoms with van der Waals surface area (Å²) in [6, 6.07) is 9.32. The van der Waals surface area contributed by atoms with Crippen LogP contribution in [0.5, 0.6) is 0 Å². The molecular weight excluding hydrogens is 495 g/mol. The Balaban J connectivity index is 1.24. The van der Waals surface area contributed by atoms with E-state index >= 15 is 0 Å². The lowest BCUT2D eigenvalue weighted by molar-refractivity contribution is 0.122. The highest BCUT2D eigenvalue weighted by Gasteiger charge is 2.31. The Morgan fingerprint density at radius 3 is 2.50 bits per heavy atom. The summed E-state index contributed by atoms with van der Waals surface area (Å²) in [4.78, 5) is 18.0. The monoisotopic (exact) mass is 529 g/mol. The van der Waals surface area contributed by atoms with Crippen molar-refractivity contribution < 1.29 is 17.9 Å². The van der Waals surface area contributed by atoms with Crippen molar-refractivity contribution in [1.29, 1.82) is 0 Å². The molecule has 11 heteroatoms. The number of imidazole rings is 1. The van der Waals surface area contributed by atoms with Gasteiger partial charge in [0.1, 0.15) is 17.8 Å². The molecule has 0 bridgehead atoms. The Bertz CT molecular complexity index is 1240. The van der Waals surface area contributed by atoms with E-state index in [0.29, 0.717) is 79.8 Å². The van der Waals surface area contributed by atoms with Gasteiger partial charge in [-0.25, -0.2) is 18.2 Å². The second-order valence-corrected chi connectivity index (χ2v) is 10.5. The van der Waals surface area contributed by atoms with E-state index in [0.717, 1.165) is 38.8 Å². The number of nitrogens with one attached hydrogen (secondary N) is 1. The van der Waals surface area contributed by atoms with Crippen LogP contribution in [0, 0.1) is 5.92 Å². The molecule has 1 aromatic carbocycles. The van der Waals surface area contributed by atoms with Crippen LogP contribution < -0.4 is 10.2 Å². The van der Waals surface area contributed by atoms with Gasteiger partial charge in [0.05, 0.1) is 24.2 Å². The SMILES string of the molecule is FC(F)c1nc2ccccc2n1-c1cc(NC[C@H]2CC[C@H](N3CC[C@H](F)C3)CC2)nc(N2CCOCC2)n1. The molecule has 0 radical (unpaired) electrons. The van der Waals surface area contributed by atoms with E-state index in [2.05, 4.69) is 15.2 Å². The third-order valence-electron chi connectivity index (χ3n) is 8.07. The van der Waals surface area contributed by atoms with Crippen LogP contribution in [0.25, 0.3) is 16.9 Å². The molecule has 1 atom stereocenters. The van der Waals surface area contributed by atoms with Crippen LogP contribution in [-0.4, -0.2) is 82.6 Å². The Morgan fingerprint density at radius 2 is 1.76 bits per heavy atom. The van der Waals surface area contributed by atoms with Crippen molar-refractivity contribution in [1.82, 2.24) is 24.4 Å². The van der Waals surface area contributed by atoms with Gasteiger partial charge in [0, 0.05) is 44.8 Å². The van der Waals surface area contributed by atoms with Crippen molar-refractivity contribution in [3.05, 3.63) is 36.2 Å². The number of morpholine rings is 1. The van der Waals surface area contributed by atoms with E-state index in [-0.39, 0.29) is 5.82 Å². The molecule has 0 unspecified atom stereocenters. The van der Waals surface area contributed by atoms with Gasteiger partial charge in [0.25, 0.3) is 6.43 Å². The van der Waals surface area contributed by atoms with Crippen LogP contribution in [-0.2, 0) is 4.74 Å². The zero-order valence-electron chi connectivity index (χ0n) is 21.4. The van der Waals surface area contributed by atoms with Crippen molar-refractivity contribution in [2.45, 2.75) is 50.7 Å². The minimum Gasteiger partial charge on any atom is -0.378 e. The van der Waals surface area contributed by atoms with Gasteiger partial charge in [-0.1, -0.05) is 12.1 Å². The normalized spacial score (nSPS) is 24.9. The minimum atomic E-state index is -2.75. The topological polar surface area (TPSA) is 71.3 Å². The Morgan fingerprint density at radius 1 is 0.974 bits per heavy atom. The van der Waals surface area contributed by atoms with Gasteiger partial charge in [-0.05, 0) is 50.2 Å². The lowest BCUT2D eigenvalue weighted by atomic mass is 9.85. The highest BCUT2D eigenvalue weighted by Crippen LogP contribution is 2.32. The van der Waals surface area contributed by atoms with Crippen LogP contribution in [0.1, 0.15) is 44.4 Å². The number of likely N-dealkylation sites (tertiary alicyclic amines) is 1. The van der Waals surface area contributed by atoms with Gasteiger partial charge >= 0.3 is 0 Å². The summed E-state index contributed by atoms with van der Waals surface area (Å²) in [6.45, 7) is 4.58. The first-order valence-corrected chi connectivity index (χ1v) is 13.6. The molecule has 2 aliphatic heterocycles. The largest absolute Gasteiger partial charge is 0.378 e. The third kappa shape index (κ3) is 5.31. The molecule has 2 aromatic heterocycles. The van der Waals surface area contributed by atoms with Gasteiger partial charge in [0.15, 0.2) is 5.82 Å². The number of para-hydroxylation sites is 2. The number of halogens is 3. The van der Waals surface area contributed by atoms with E-state index in [9.17, 15) is 13.2 Å². The molecule has 1 N–H and O–H groups in total. The standard InChI is InChI=1S/C27H34F3N7O/c28-19-9-10-36(17-19)20-7-5-18(6-8-20)16-31-23-15-24(34-27(33-23)35-11-13-38-14-12-35)37-22-4-2-1-3-21(22)32-26(37)25(29)30/h1-4,15,18-20,25H,5-14,16-17H2,(H,31,33,34)/t18-,19-,20-/m0/s1. The maximum absolute atomic E-state index is 14.1. The van der Waals surface area contributed by atoms with Crippen LogP contribution in [0.15, 0.2) is 30.3 Å². The van der Waals surface area contributed by atoms with E-state index in [1.165, 1.54) is 4.57 Å². The van der Waals surface area contributed by atoms with E-state index in [4.69, 9.17) is 14.7 Å². The predicted octanol–water partition coefficient (Wildman–Crippen LogP) is 4.60.